The third-order valence-electron chi connectivity index (χ3n) is 5.56. The molecule has 7 nitrogen and oxygen atoms in total. The second-order valence-electron chi connectivity index (χ2n) is 9.73. The zero-order valence-electron chi connectivity index (χ0n) is 21.2. The summed E-state index contributed by atoms with van der Waals surface area (Å²) in [6.45, 7) is 4.89. The monoisotopic (exact) mass is 580 g/mol. The number of carbonyl (C=O) groups is 2. The minimum absolute atomic E-state index is 0.0251. The zero-order chi connectivity index (χ0) is 29.4. The number of nitrogens with zero attached hydrogens (tertiary/aromatic N) is 2. The average Bonchev–Trinajstić information content (AvgIpc) is 3.31. The molecule has 0 radical (unpaired) electrons. The van der Waals surface area contributed by atoms with Gasteiger partial charge in [-0.3, -0.25) is 4.79 Å². The molecule has 4 aromatic rings. The lowest BCUT2D eigenvalue weighted by Gasteiger charge is -2.26. The number of hydrogen-bond acceptors (Lipinski definition) is 4. The highest BCUT2D eigenvalue weighted by atomic mass is 35.5. The lowest BCUT2D eigenvalue weighted by molar-refractivity contribution is -0.137. The van der Waals surface area contributed by atoms with Crippen molar-refractivity contribution in [2.45, 2.75) is 38.6 Å². The van der Waals surface area contributed by atoms with Gasteiger partial charge < -0.3 is 19.8 Å². The van der Waals surface area contributed by atoms with Crippen LogP contribution in [0.4, 0.5) is 32.4 Å². The van der Waals surface area contributed by atoms with Crippen LogP contribution >= 0.6 is 11.6 Å². The number of aromatic nitrogens is 2. The van der Waals surface area contributed by atoms with Gasteiger partial charge in [-0.05, 0) is 63.2 Å². The van der Waals surface area contributed by atoms with Crippen LogP contribution in [0.1, 0.15) is 53.9 Å². The molecule has 2 N–H and O–H groups in total. The van der Waals surface area contributed by atoms with Gasteiger partial charge in [0, 0.05) is 40.3 Å². The van der Waals surface area contributed by atoms with Gasteiger partial charge in [-0.2, -0.15) is 13.2 Å². The summed E-state index contributed by atoms with van der Waals surface area (Å²) in [4.78, 5) is 30.2. The molecular weight excluding hydrogens is 559 g/mol. The number of amides is 2. The smallest absolute Gasteiger partial charge is 0.416 e. The summed E-state index contributed by atoms with van der Waals surface area (Å²) in [6.07, 6.45) is -1.34. The SMILES string of the molecule is CC(C)(C)OC(=O)NC(c1cc(F)ccc1Cl)c1c(NC(=O)c2cc(F)cc(C(F)(F)F)c2)ccn2ccnc12. The first-order valence-electron chi connectivity index (χ1n) is 11.7. The summed E-state index contributed by atoms with van der Waals surface area (Å²) < 4.78 is 75.0. The number of halogens is 6. The van der Waals surface area contributed by atoms with Gasteiger partial charge in [-0.15, -0.1) is 0 Å². The van der Waals surface area contributed by atoms with E-state index in [1.807, 2.05) is 0 Å². The highest BCUT2D eigenvalue weighted by molar-refractivity contribution is 6.31. The Labute approximate surface area is 229 Å². The van der Waals surface area contributed by atoms with E-state index in [9.17, 15) is 31.5 Å². The molecule has 0 bridgehead atoms. The molecule has 1 atom stereocenters. The highest BCUT2D eigenvalue weighted by Crippen LogP contribution is 2.36. The first-order valence-corrected chi connectivity index (χ1v) is 12.1. The van der Waals surface area contributed by atoms with Gasteiger partial charge in [0.05, 0.1) is 17.3 Å². The van der Waals surface area contributed by atoms with Crippen LogP contribution in [0, 0.1) is 11.6 Å². The maximum atomic E-state index is 14.4. The van der Waals surface area contributed by atoms with Crippen molar-refractivity contribution in [1.82, 2.24) is 14.7 Å². The highest BCUT2D eigenvalue weighted by Gasteiger charge is 2.33. The largest absolute Gasteiger partial charge is 0.444 e. The Morgan fingerprint density at radius 1 is 1.00 bits per heavy atom. The Morgan fingerprint density at radius 2 is 1.73 bits per heavy atom. The molecule has 1 unspecified atom stereocenters. The summed E-state index contributed by atoms with van der Waals surface area (Å²) in [5.41, 5.74) is -2.53. The normalized spacial score (nSPS) is 12.7. The second-order valence-corrected chi connectivity index (χ2v) is 10.1. The van der Waals surface area contributed by atoms with E-state index >= 15 is 0 Å². The van der Waals surface area contributed by atoms with Gasteiger partial charge >= 0.3 is 12.3 Å². The Hall–Kier alpha value is -4.19. The molecule has 0 aliphatic carbocycles. The Bertz CT molecular complexity index is 1600. The van der Waals surface area contributed by atoms with Crippen LogP contribution < -0.4 is 10.6 Å². The summed E-state index contributed by atoms with van der Waals surface area (Å²) >= 11 is 6.39. The van der Waals surface area contributed by atoms with Gasteiger partial charge in [0.25, 0.3) is 5.91 Å². The third-order valence-corrected chi connectivity index (χ3v) is 5.90. The van der Waals surface area contributed by atoms with Gasteiger partial charge in [-0.1, -0.05) is 11.6 Å². The van der Waals surface area contributed by atoms with Crippen LogP contribution in [0.3, 0.4) is 0 Å². The maximum Gasteiger partial charge on any atom is 0.416 e. The van der Waals surface area contributed by atoms with Crippen molar-refractivity contribution in [3.63, 3.8) is 0 Å². The fourth-order valence-corrected chi connectivity index (χ4v) is 4.17. The first kappa shape index (κ1) is 28.8. The van der Waals surface area contributed by atoms with Crippen molar-refractivity contribution in [2.24, 2.45) is 0 Å². The molecule has 2 amide bonds. The van der Waals surface area contributed by atoms with E-state index in [2.05, 4.69) is 15.6 Å². The fourth-order valence-electron chi connectivity index (χ4n) is 3.95. The number of alkyl halides is 3. The molecule has 210 valence electrons. The minimum Gasteiger partial charge on any atom is -0.444 e. The van der Waals surface area contributed by atoms with E-state index in [1.54, 1.807) is 27.0 Å². The van der Waals surface area contributed by atoms with E-state index in [0.717, 1.165) is 12.1 Å². The van der Waals surface area contributed by atoms with E-state index < -0.39 is 52.6 Å². The van der Waals surface area contributed by atoms with Crippen LogP contribution in [-0.2, 0) is 10.9 Å². The third kappa shape index (κ3) is 6.50. The molecule has 40 heavy (non-hydrogen) atoms. The topological polar surface area (TPSA) is 84.7 Å². The van der Waals surface area contributed by atoms with Crippen molar-refractivity contribution >= 4 is 34.9 Å². The van der Waals surface area contributed by atoms with Gasteiger partial charge in [0.15, 0.2) is 0 Å². The summed E-state index contributed by atoms with van der Waals surface area (Å²) in [7, 11) is 0. The standard InChI is InChI=1S/C27H22ClF5N4O3/c1-26(2,3)40-25(39)36-22(18-13-16(29)4-5-19(18)28)21-20(6-8-37-9-7-34-23(21)37)35-24(38)14-10-15(27(31,32)33)12-17(30)11-14/h4-13,22H,1-3H3,(H,35,38)(H,36,39). The molecule has 0 saturated carbocycles. The predicted molar refractivity (Wildman–Crippen MR) is 137 cm³/mol. The number of fused-ring (bicyclic) bond motifs is 1. The summed E-state index contributed by atoms with van der Waals surface area (Å²) in [5, 5.41) is 5.14. The Kier molecular flexibility index (Phi) is 7.75. The molecule has 13 heteroatoms. The van der Waals surface area contributed by atoms with Crippen LogP contribution in [-0.4, -0.2) is 27.0 Å². The van der Waals surface area contributed by atoms with Gasteiger partial charge in [-0.25, -0.2) is 18.6 Å². The van der Waals surface area contributed by atoms with Crippen molar-refractivity contribution < 1.29 is 36.3 Å². The van der Waals surface area contributed by atoms with Crippen LogP contribution in [0.5, 0.6) is 0 Å². The van der Waals surface area contributed by atoms with Crippen LogP contribution in [0.25, 0.3) is 5.65 Å². The molecule has 2 aromatic carbocycles. The number of anilines is 1. The van der Waals surface area contributed by atoms with E-state index in [1.165, 1.54) is 28.9 Å². The van der Waals surface area contributed by atoms with E-state index in [0.29, 0.717) is 12.1 Å². The molecule has 2 aromatic heterocycles. The number of rotatable bonds is 5. The van der Waals surface area contributed by atoms with Crippen LogP contribution in [0.15, 0.2) is 61.1 Å². The van der Waals surface area contributed by atoms with Crippen molar-refractivity contribution in [2.75, 3.05) is 5.32 Å². The van der Waals surface area contributed by atoms with Crippen molar-refractivity contribution in [3.8, 4) is 0 Å². The van der Waals surface area contributed by atoms with Crippen molar-refractivity contribution in [1.29, 1.82) is 0 Å². The Morgan fingerprint density at radius 3 is 2.40 bits per heavy atom. The zero-order valence-corrected chi connectivity index (χ0v) is 22.0. The van der Waals surface area contributed by atoms with E-state index in [4.69, 9.17) is 16.3 Å². The number of ether oxygens (including phenoxy) is 1. The van der Waals surface area contributed by atoms with Gasteiger partial charge in [0.1, 0.15) is 22.9 Å². The summed E-state index contributed by atoms with van der Waals surface area (Å²) in [5.74, 6) is -3.03. The first-order chi connectivity index (χ1) is 18.6. The molecule has 0 aliphatic heterocycles. The molecule has 0 saturated heterocycles. The summed E-state index contributed by atoms with van der Waals surface area (Å²) in [6, 6.07) is 5.00. The number of nitrogens with one attached hydrogen (secondary N) is 2. The van der Waals surface area contributed by atoms with Crippen molar-refractivity contribution in [3.05, 3.63) is 100.0 Å². The number of benzene rings is 2. The number of hydrogen-bond donors (Lipinski definition) is 2. The van der Waals surface area contributed by atoms with E-state index in [-0.39, 0.29) is 33.6 Å². The quantitative estimate of drug-likeness (QED) is 0.246. The van der Waals surface area contributed by atoms with Crippen LogP contribution in [0.2, 0.25) is 5.02 Å². The molecule has 0 aliphatic rings. The van der Waals surface area contributed by atoms with Gasteiger partial charge in [0.2, 0.25) is 0 Å². The Balaban J connectivity index is 1.86. The minimum atomic E-state index is -4.90. The lowest BCUT2D eigenvalue weighted by Crippen LogP contribution is -2.36. The number of imidazole rings is 1. The molecule has 0 fully saturated rings. The number of carbonyl (C=O) groups excluding carboxylic acids is 2. The fraction of sp³-hybridized carbons (Fsp3) is 0.222. The lowest BCUT2D eigenvalue weighted by atomic mass is 9.97. The number of pyridine rings is 1. The number of alkyl carbamates (subject to hydrolysis) is 1. The second kappa shape index (κ2) is 10.8. The molecule has 4 rings (SSSR count). The maximum absolute atomic E-state index is 14.4. The predicted octanol–water partition coefficient (Wildman–Crippen LogP) is 7.15. The molecule has 2 heterocycles. The molecule has 0 spiro atoms. The average molecular weight is 581 g/mol. The molecular formula is C27H22ClF5N4O3.